The molecular formula is C16H16FNO2. The van der Waals surface area contributed by atoms with Crippen molar-refractivity contribution in [1.29, 1.82) is 0 Å². The molecule has 0 bridgehead atoms. The van der Waals surface area contributed by atoms with Crippen molar-refractivity contribution in [1.82, 2.24) is 0 Å². The fourth-order valence-electron chi connectivity index (χ4n) is 3.10. The normalized spacial score (nSPS) is 26.2. The Labute approximate surface area is 117 Å². The fraction of sp³-hybridized carbons (Fsp3) is 0.375. The number of imide groups is 1. The summed E-state index contributed by atoms with van der Waals surface area (Å²) in [5, 5.41) is 0. The molecule has 0 N–H and O–H groups in total. The number of carbonyl (C=O) groups is 2. The molecular weight excluding hydrogens is 257 g/mol. The van der Waals surface area contributed by atoms with Crippen molar-refractivity contribution in [3.8, 4) is 0 Å². The number of hydrogen-bond donors (Lipinski definition) is 0. The van der Waals surface area contributed by atoms with Crippen molar-refractivity contribution < 1.29 is 14.0 Å². The van der Waals surface area contributed by atoms with Crippen LogP contribution in [0.25, 0.3) is 0 Å². The molecule has 1 aromatic carbocycles. The van der Waals surface area contributed by atoms with Gasteiger partial charge in [-0.1, -0.05) is 11.1 Å². The third-order valence-electron chi connectivity index (χ3n) is 4.43. The summed E-state index contributed by atoms with van der Waals surface area (Å²) in [6.07, 6.45) is 1.30. The fourth-order valence-corrected chi connectivity index (χ4v) is 3.10. The first-order valence-electron chi connectivity index (χ1n) is 6.77. The van der Waals surface area contributed by atoms with Gasteiger partial charge in [0.25, 0.3) is 0 Å². The number of fused-ring (bicyclic) bond motifs is 1. The third kappa shape index (κ3) is 1.87. The van der Waals surface area contributed by atoms with Gasteiger partial charge in [0.05, 0.1) is 17.5 Å². The average Bonchev–Trinajstić information content (AvgIpc) is 2.65. The molecule has 3 nitrogen and oxygen atoms in total. The third-order valence-corrected chi connectivity index (χ3v) is 4.43. The second-order valence-electron chi connectivity index (χ2n) is 5.67. The Morgan fingerprint density at radius 3 is 1.85 bits per heavy atom. The number of anilines is 1. The number of halogens is 1. The molecule has 0 saturated carbocycles. The summed E-state index contributed by atoms with van der Waals surface area (Å²) in [6, 6.07) is 5.50. The first-order chi connectivity index (χ1) is 9.49. The number of benzene rings is 1. The van der Waals surface area contributed by atoms with Crippen LogP contribution in [0, 0.1) is 17.7 Å². The summed E-state index contributed by atoms with van der Waals surface area (Å²) >= 11 is 0. The molecule has 4 heteroatoms. The smallest absolute Gasteiger partial charge is 0.238 e. The second kappa shape index (κ2) is 4.54. The average molecular weight is 273 g/mol. The Hall–Kier alpha value is -1.97. The molecule has 2 amide bonds. The lowest BCUT2D eigenvalue weighted by Gasteiger charge is -2.23. The van der Waals surface area contributed by atoms with Crippen LogP contribution in [-0.4, -0.2) is 11.8 Å². The van der Waals surface area contributed by atoms with Crippen LogP contribution in [-0.2, 0) is 9.59 Å². The minimum Gasteiger partial charge on any atom is -0.274 e. The van der Waals surface area contributed by atoms with E-state index < -0.39 is 0 Å². The Morgan fingerprint density at radius 1 is 0.950 bits per heavy atom. The lowest BCUT2D eigenvalue weighted by atomic mass is 9.78. The number of amides is 2. The highest BCUT2D eigenvalue weighted by molar-refractivity contribution is 6.22. The highest BCUT2D eigenvalue weighted by Crippen LogP contribution is 2.42. The summed E-state index contributed by atoms with van der Waals surface area (Å²) in [5.41, 5.74) is 2.87. The van der Waals surface area contributed by atoms with Crippen molar-refractivity contribution in [3.05, 3.63) is 41.2 Å². The molecule has 0 unspecified atom stereocenters. The minimum absolute atomic E-state index is 0.154. The lowest BCUT2D eigenvalue weighted by molar-refractivity contribution is -0.122. The standard InChI is InChI=1S/C16H16FNO2/c1-9-7-13-14(8-10(9)2)16(20)18(15(13)19)12-5-3-11(17)4-6-12/h3-6,13-14H,7-8H2,1-2H3/t13-,14-/m1/s1. The predicted octanol–water partition coefficient (Wildman–Crippen LogP) is 3.06. The highest BCUT2D eigenvalue weighted by atomic mass is 19.1. The van der Waals surface area contributed by atoms with Gasteiger partial charge in [-0.2, -0.15) is 0 Å². The first-order valence-corrected chi connectivity index (χ1v) is 6.77. The van der Waals surface area contributed by atoms with Gasteiger partial charge in [0.2, 0.25) is 11.8 Å². The summed E-state index contributed by atoms with van der Waals surface area (Å²) < 4.78 is 13.0. The van der Waals surface area contributed by atoms with Gasteiger partial charge in [0.1, 0.15) is 5.82 Å². The Kier molecular flexibility index (Phi) is 2.96. The van der Waals surface area contributed by atoms with Gasteiger partial charge in [-0.05, 0) is 51.0 Å². The Bertz CT molecular complexity index is 586. The highest BCUT2D eigenvalue weighted by Gasteiger charge is 2.49. The molecule has 2 aliphatic rings. The number of rotatable bonds is 1. The van der Waals surface area contributed by atoms with Crippen LogP contribution in [0.1, 0.15) is 26.7 Å². The summed E-state index contributed by atoms with van der Waals surface area (Å²) in [7, 11) is 0. The van der Waals surface area contributed by atoms with Crippen molar-refractivity contribution in [2.75, 3.05) is 4.90 Å². The molecule has 1 fully saturated rings. The van der Waals surface area contributed by atoms with E-state index in [0.29, 0.717) is 18.5 Å². The van der Waals surface area contributed by atoms with Gasteiger partial charge >= 0.3 is 0 Å². The summed E-state index contributed by atoms with van der Waals surface area (Å²) in [6.45, 7) is 4.04. The summed E-state index contributed by atoms with van der Waals surface area (Å²) in [4.78, 5) is 26.2. The van der Waals surface area contributed by atoms with Gasteiger partial charge in [-0.15, -0.1) is 0 Å². The maximum absolute atomic E-state index is 13.0. The van der Waals surface area contributed by atoms with E-state index in [1.165, 1.54) is 40.3 Å². The minimum atomic E-state index is -0.376. The van der Waals surface area contributed by atoms with E-state index in [2.05, 4.69) is 0 Å². The van der Waals surface area contributed by atoms with Crippen LogP contribution in [0.4, 0.5) is 10.1 Å². The summed E-state index contributed by atoms with van der Waals surface area (Å²) in [5.74, 6) is -1.19. The quantitative estimate of drug-likeness (QED) is 0.582. The van der Waals surface area contributed by atoms with Crippen LogP contribution < -0.4 is 4.90 Å². The van der Waals surface area contributed by atoms with E-state index >= 15 is 0 Å². The molecule has 0 aromatic heterocycles. The molecule has 20 heavy (non-hydrogen) atoms. The lowest BCUT2D eigenvalue weighted by Crippen LogP contribution is -2.30. The van der Waals surface area contributed by atoms with E-state index in [4.69, 9.17) is 0 Å². The largest absolute Gasteiger partial charge is 0.274 e. The van der Waals surface area contributed by atoms with E-state index in [-0.39, 0.29) is 29.5 Å². The molecule has 0 spiro atoms. The van der Waals surface area contributed by atoms with Crippen LogP contribution in [0.2, 0.25) is 0 Å². The van der Waals surface area contributed by atoms with E-state index in [1.54, 1.807) is 0 Å². The predicted molar refractivity (Wildman–Crippen MR) is 73.5 cm³/mol. The number of hydrogen-bond acceptors (Lipinski definition) is 2. The monoisotopic (exact) mass is 273 g/mol. The van der Waals surface area contributed by atoms with Gasteiger partial charge in [0, 0.05) is 0 Å². The molecule has 104 valence electrons. The number of nitrogens with zero attached hydrogens (tertiary/aromatic N) is 1. The first kappa shape index (κ1) is 13.0. The van der Waals surface area contributed by atoms with Crippen LogP contribution in [0.15, 0.2) is 35.4 Å². The Balaban J connectivity index is 1.95. The number of carbonyl (C=O) groups excluding carboxylic acids is 2. The SMILES string of the molecule is CC1=C(C)C[C@H]2C(=O)N(c3ccc(F)cc3)C(=O)[C@@H]2C1. The second-order valence-corrected chi connectivity index (χ2v) is 5.67. The van der Waals surface area contributed by atoms with Crippen molar-refractivity contribution in [2.45, 2.75) is 26.7 Å². The molecule has 0 radical (unpaired) electrons. The van der Waals surface area contributed by atoms with E-state index in [0.717, 1.165) is 0 Å². The van der Waals surface area contributed by atoms with Gasteiger partial charge in [-0.3, -0.25) is 14.5 Å². The van der Waals surface area contributed by atoms with E-state index in [1.807, 2.05) is 13.8 Å². The van der Waals surface area contributed by atoms with Gasteiger partial charge in [0.15, 0.2) is 0 Å². The van der Waals surface area contributed by atoms with Gasteiger partial charge < -0.3 is 0 Å². The van der Waals surface area contributed by atoms with Crippen LogP contribution in [0.3, 0.4) is 0 Å². The van der Waals surface area contributed by atoms with Crippen molar-refractivity contribution in [2.24, 2.45) is 11.8 Å². The molecule has 2 atom stereocenters. The zero-order valence-corrected chi connectivity index (χ0v) is 11.5. The molecule has 1 heterocycles. The Morgan fingerprint density at radius 2 is 1.40 bits per heavy atom. The van der Waals surface area contributed by atoms with Crippen LogP contribution >= 0.6 is 0 Å². The molecule has 1 aliphatic carbocycles. The van der Waals surface area contributed by atoms with Crippen LogP contribution in [0.5, 0.6) is 0 Å². The zero-order valence-electron chi connectivity index (χ0n) is 11.5. The van der Waals surface area contributed by atoms with Gasteiger partial charge in [-0.25, -0.2) is 4.39 Å². The zero-order chi connectivity index (χ0) is 14.4. The molecule has 1 saturated heterocycles. The molecule has 1 aliphatic heterocycles. The molecule has 1 aromatic rings. The maximum atomic E-state index is 13.0. The molecule has 3 rings (SSSR count). The topological polar surface area (TPSA) is 37.4 Å². The number of allylic oxidation sites excluding steroid dienone is 2. The van der Waals surface area contributed by atoms with Crippen molar-refractivity contribution >= 4 is 17.5 Å². The maximum Gasteiger partial charge on any atom is 0.238 e. The van der Waals surface area contributed by atoms with E-state index in [9.17, 15) is 14.0 Å². The van der Waals surface area contributed by atoms with Crippen molar-refractivity contribution in [3.63, 3.8) is 0 Å².